The molecule has 0 saturated heterocycles. The van der Waals surface area contributed by atoms with Gasteiger partial charge >= 0.3 is 5.97 Å². The number of thioether (sulfide) groups is 1. The van der Waals surface area contributed by atoms with Gasteiger partial charge in [-0.15, -0.1) is 10.2 Å². The first-order valence-electron chi connectivity index (χ1n) is 10.5. The molecule has 12 heteroatoms. The van der Waals surface area contributed by atoms with Gasteiger partial charge in [0.05, 0.1) is 12.4 Å². The number of esters is 1. The molecular formula is C21H26N8O3S. The molecule has 0 atom stereocenters. The van der Waals surface area contributed by atoms with Gasteiger partial charge in [-0.1, -0.05) is 23.9 Å². The van der Waals surface area contributed by atoms with Crippen LogP contribution in [0.1, 0.15) is 26.3 Å². The topological polar surface area (TPSA) is 135 Å². The van der Waals surface area contributed by atoms with Crippen molar-refractivity contribution in [1.29, 1.82) is 0 Å². The van der Waals surface area contributed by atoms with Gasteiger partial charge < -0.3 is 20.7 Å². The number of benzene rings is 1. The number of fused-ring (bicyclic) bond motifs is 1. The van der Waals surface area contributed by atoms with E-state index in [0.29, 0.717) is 48.2 Å². The maximum Gasteiger partial charge on any atom is 0.330 e. The normalized spacial score (nSPS) is 11.0. The third-order valence-electron chi connectivity index (χ3n) is 4.14. The van der Waals surface area contributed by atoms with Gasteiger partial charge in [0.1, 0.15) is 0 Å². The number of carbonyl (C=O) groups excluding carboxylic acids is 2. The highest BCUT2D eigenvalue weighted by Gasteiger charge is 2.16. The van der Waals surface area contributed by atoms with Crippen molar-refractivity contribution in [3.05, 3.63) is 35.9 Å². The van der Waals surface area contributed by atoms with E-state index in [0.717, 1.165) is 5.56 Å². The van der Waals surface area contributed by atoms with Crippen LogP contribution in [0.15, 0.2) is 35.5 Å². The fraction of sp³-hybridized carbons (Fsp3) is 0.333. The summed E-state index contributed by atoms with van der Waals surface area (Å²) in [4.78, 5) is 32.6. The Hall–Kier alpha value is -3.67. The summed E-state index contributed by atoms with van der Waals surface area (Å²) in [6, 6.07) is 7.12. The molecule has 1 amide bonds. The Morgan fingerprint density at radius 2 is 1.82 bits per heavy atom. The van der Waals surface area contributed by atoms with Crippen molar-refractivity contribution < 1.29 is 14.3 Å². The molecule has 0 saturated carbocycles. The first kappa shape index (κ1) is 24.0. The number of carbonyl (C=O) groups is 2. The molecule has 0 spiro atoms. The highest BCUT2D eigenvalue weighted by Crippen LogP contribution is 2.21. The quantitative estimate of drug-likeness (QED) is 0.218. The maximum absolute atomic E-state index is 12.4. The molecule has 3 N–H and O–H groups in total. The lowest BCUT2D eigenvalue weighted by Gasteiger charge is -2.09. The Morgan fingerprint density at radius 1 is 1.06 bits per heavy atom. The largest absolute Gasteiger partial charge is 0.463 e. The number of nitrogens with zero attached hydrogens (tertiary/aromatic N) is 5. The molecule has 0 fully saturated rings. The summed E-state index contributed by atoms with van der Waals surface area (Å²) in [6.45, 7) is 7.34. The summed E-state index contributed by atoms with van der Waals surface area (Å²) in [5.41, 5.74) is 1.46. The zero-order valence-electron chi connectivity index (χ0n) is 18.7. The molecule has 0 bridgehead atoms. The summed E-state index contributed by atoms with van der Waals surface area (Å²) in [5, 5.41) is 17.9. The van der Waals surface area contributed by atoms with Crippen LogP contribution in [0.25, 0.3) is 11.9 Å². The molecule has 2 aromatic heterocycles. The van der Waals surface area contributed by atoms with E-state index in [1.54, 1.807) is 41.7 Å². The van der Waals surface area contributed by atoms with Crippen molar-refractivity contribution >= 4 is 53.1 Å². The third-order valence-corrected chi connectivity index (χ3v) is 5.07. The molecule has 174 valence electrons. The second kappa shape index (κ2) is 11.8. The monoisotopic (exact) mass is 470 g/mol. The zero-order chi connectivity index (χ0) is 23.6. The molecule has 2 heterocycles. The summed E-state index contributed by atoms with van der Waals surface area (Å²) in [5.74, 6) is 0.953. The van der Waals surface area contributed by atoms with Gasteiger partial charge in [-0.3, -0.25) is 4.79 Å². The second-order valence-corrected chi connectivity index (χ2v) is 7.54. The SMILES string of the molecule is CCNc1nc(NCC)n2c(SCC(=O)Nc3ccc(C=CC(=O)OCC)cc3)nnc2n1. The Bertz CT molecular complexity index is 1130. The standard InChI is InChI=1S/C21H26N8O3S/c1-4-22-18-25-19(23-5-2)29-20(26-18)27-28-21(29)33-13-16(30)24-15-10-7-14(8-11-15)9-12-17(31)32-6-3/h7-12H,4-6,13H2,1-3H3,(H,24,30)(H2,22,23,25,26,27). The number of ether oxygens (including phenoxy) is 1. The predicted octanol–water partition coefficient (Wildman–Crippen LogP) is 2.69. The van der Waals surface area contributed by atoms with Crippen molar-refractivity contribution in [2.24, 2.45) is 0 Å². The first-order valence-corrected chi connectivity index (χ1v) is 11.5. The summed E-state index contributed by atoms with van der Waals surface area (Å²) >= 11 is 1.24. The van der Waals surface area contributed by atoms with E-state index in [-0.39, 0.29) is 11.7 Å². The van der Waals surface area contributed by atoms with Crippen LogP contribution in [0, 0.1) is 0 Å². The number of aromatic nitrogens is 5. The number of hydrogen-bond donors (Lipinski definition) is 3. The smallest absolute Gasteiger partial charge is 0.330 e. The van der Waals surface area contributed by atoms with E-state index in [2.05, 4.69) is 36.1 Å². The van der Waals surface area contributed by atoms with E-state index >= 15 is 0 Å². The minimum atomic E-state index is -0.395. The molecule has 11 nitrogen and oxygen atoms in total. The van der Waals surface area contributed by atoms with Gasteiger partial charge in [0, 0.05) is 24.9 Å². The average Bonchev–Trinajstić information content (AvgIpc) is 3.21. The zero-order valence-corrected chi connectivity index (χ0v) is 19.5. The second-order valence-electron chi connectivity index (χ2n) is 6.59. The maximum atomic E-state index is 12.4. The molecule has 0 radical (unpaired) electrons. The minimum absolute atomic E-state index is 0.131. The van der Waals surface area contributed by atoms with Crippen LogP contribution >= 0.6 is 11.8 Å². The fourth-order valence-electron chi connectivity index (χ4n) is 2.76. The van der Waals surface area contributed by atoms with Gasteiger partial charge in [0.25, 0.3) is 5.78 Å². The lowest BCUT2D eigenvalue weighted by Crippen LogP contribution is -2.15. The fourth-order valence-corrected chi connectivity index (χ4v) is 3.48. The first-order chi connectivity index (χ1) is 16.0. The highest BCUT2D eigenvalue weighted by atomic mass is 32.2. The van der Waals surface area contributed by atoms with Crippen molar-refractivity contribution in [2.75, 3.05) is 41.4 Å². The minimum Gasteiger partial charge on any atom is -0.463 e. The van der Waals surface area contributed by atoms with Crippen LogP contribution in [0.3, 0.4) is 0 Å². The van der Waals surface area contributed by atoms with Crippen LogP contribution in [-0.2, 0) is 14.3 Å². The summed E-state index contributed by atoms with van der Waals surface area (Å²) < 4.78 is 6.54. The van der Waals surface area contributed by atoms with Crippen molar-refractivity contribution in [3.8, 4) is 0 Å². The molecule has 3 aromatic rings. The van der Waals surface area contributed by atoms with E-state index in [1.165, 1.54) is 17.8 Å². The van der Waals surface area contributed by atoms with Crippen LogP contribution in [-0.4, -0.2) is 61.9 Å². The Labute approximate surface area is 195 Å². The molecule has 0 aliphatic rings. The van der Waals surface area contributed by atoms with Crippen molar-refractivity contribution in [2.45, 2.75) is 25.9 Å². The Morgan fingerprint density at radius 3 is 2.52 bits per heavy atom. The van der Waals surface area contributed by atoms with Crippen molar-refractivity contribution in [1.82, 2.24) is 24.6 Å². The third kappa shape index (κ3) is 6.65. The predicted molar refractivity (Wildman–Crippen MR) is 128 cm³/mol. The van der Waals surface area contributed by atoms with Gasteiger partial charge in [0.2, 0.25) is 17.8 Å². The molecule has 3 rings (SSSR count). The van der Waals surface area contributed by atoms with Gasteiger partial charge in [-0.2, -0.15) is 9.97 Å². The number of amides is 1. The lowest BCUT2D eigenvalue weighted by atomic mass is 10.2. The Kier molecular flexibility index (Phi) is 8.58. The highest BCUT2D eigenvalue weighted by molar-refractivity contribution is 7.99. The van der Waals surface area contributed by atoms with Gasteiger partial charge in [-0.05, 0) is 44.5 Å². The molecule has 0 aliphatic carbocycles. The molecule has 33 heavy (non-hydrogen) atoms. The molecule has 0 unspecified atom stereocenters. The van der Waals surface area contributed by atoms with Crippen LogP contribution in [0.2, 0.25) is 0 Å². The van der Waals surface area contributed by atoms with E-state index in [9.17, 15) is 9.59 Å². The van der Waals surface area contributed by atoms with Gasteiger partial charge in [-0.25, -0.2) is 9.20 Å². The number of rotatable bonds is 11. The van der Waals surface area contributed by atoms with Crippen LogP contribution in [0.4, 0.5) is 17.6 Å². The summed E-state index contributed by atoms with van der Waals surface area (Å²) in [6.07, 6.45) is 3.02. The average molecular weight is 471 g/mol. The van der Waals surface area contributed by atoms with E-state index < -0.39 is 5.97 Å². The van der Waals surface area contributed by atoms with E-state index in [4.69, 9.17) is 4.74 Å². The summed E-state index contributed by atoms with van der Waals surface area (Å²) in [7, 11) is 0. The Balaban J connectivity index is 1.62. The molecule has 1 aromatic carbocycles. The number of nitrogens with one attached hydrogen (secondary N) is 3. The van der Waals surface area contributed by atoms with Crippen LogP contribution < -0.4 is 16.0 Å². The van der Waals surface area contributed by atoms with Crippen molar-refractivity contribution in [3.63, 3.8) is 0 Å². The lowest BCUT2D eigenvalue weighted by molar-refractivity contribution is -0.137. The van der Waals surface area contributed by atoms with E-state index in [1.807, 2.05) is 13.8 Å². The number of hydrogen-bond acceptors (Lipinski definition) is 10. The molecule has 0 aliphatic heterocycles. The van der Waals surface area contributed by atoms with Gasteiger partial charge in [0.15, 0.2) is 5.16 Å². The molecular weight excluding hydrogens is 444 g/mol. The number of anilines is 3. The van der Waals surface area contributed by atoms with Crippen LogP contribution in [0.5, 0.6) is 0 Å².